The molecule has 19 heavy (non-hydrogen) atoms. The van der Waals surface area contributed by atoms with Gasteiger partial charge >= 0.3 is 0 Å². The average Bonchev–Trinajstić information content (AvgIpc) is 2.80. The summed E-state index contributed by atoms with van der Waals surface area (Å²) in [6, 6.07) is 0.136. The van der Waals surface area contributed by atoms with Crippen LogP contribution >= 0.6 is 11.3 Å². The first kappa shape index (κ1) is 13.7. The summed E-state index contributed by atoms with van der Waals surface area (Å²) < 4.78 is 0. The van der Waals surface area contributed by atoms with Crippen molar-refractivity contribution >= 4 is 23.0 Å². The van der Waals surface area contributed by atoms with Crippen LogP contribution in [-0.2, 0) is 0 Å². The smallest absolute Gasteiger partial charge is 0.135 e. The number of aromatic nitrogens is 3. The first-order valence-corrected chi connectivity index (χ1v) is 7.10. The van der Waals surface area contributed by atoms with Crippen molar-refractivity contribution in [1.29, 1.82) is 0 Å². The van der Waals surface area contributed by atoms with Gasteiger partial charge in [-0.2, -0.15) is 0 Å². The second kappa shape index (κ2) is 5.52. The summed E-state index contributed by atoms with van der Waals surface area (Å²) in [5.41, 5.74) is 2.08. The van der Waals surface area contributed by atoms with Crippen molar-refractivity contribution < 1.29 is 0 Å². The Kier molecular flexibility index (Phi) is 3.99. The quantitative estimate of drug-likeness (QED) is 0.899. The molecule has 0 aliphatic rings. The van der Waals surface area contributed by atoms with Gasteiger partial charge in [0.15, 0.2) is 0 Å². The Morgan fingerprint density at radius 2 is 1.79 bits per heavy atom. The minimum Gasteiger partial charge on any atom is -0.373 e. The molecule has 2 aromatic heterocycles. The van der Waals surface area contributed by atoms with Gasteiger partial charge in [0.2, 0.25) is 0 Å². The molecule has 0 saturated carbocycles. The zero-order valence-electron chi connectivity index (χ0n) is 11.9. The Morgan fingerprint density at radius 3 is 2.37 bits per heavy atom. The summed E-state index contributed by atoms with van der Waals surface area (Å²) in [5, 5.41) is 9.63. The lowest BCUT2D eigenvalue weighted by Crippen LogP contribution is -2.12. The van der Waals surface area contributed by atoms with E-state index < -0.39 is 0 Å². The third-order valence-electron chi connectivity index (χ3n) is 2.85. The molecule has 5 nitrogen and oxygen atoms in total. The minimum absolute atomic E-state index is 0.136. The first-order valence-electron chi connectivity index (χ1n) is 6.22. The molecule has 0 saturated heterocycles. The first-order chi connectivity index (χ1) is 9.01. The van der Waals surface area contributed by atoms with Crippen LogP contribution in [0.2, 0.25) is 0 Å². The Labute approximate surface area is 117 Å². The van der Waals surface area contributed by atoms with Crippen LogP contribution in [-0.4, -0.2) is 22.0 Å². The average molecular weight is 277 g/mol. The molecule has 6 heteroatoms. The maximum atomic E-state index is 4.50. The molecule has 0 aliphatic heterocycles. The van der Waals surface area contributed by atoms with Gasteiger partial charge in [-0.1, -0.05) is 0 Å². The van der Waals surface area contributed by atoms with Gasteiger partial charge in [-0.05, 0) is 27.7 Å². The van der Waals surface area contributed by atoms with Gasteiger partial charge in [0, 0.05) is 23.7 Å². The number of hydrogen-bond donors (Lipinski definition) is 2. The van der Waals surface area contributed by atoms with Gasteiger partial charge in [-0.25, -0.2) is 15.0 Å². The summed E-state index contributed by atoms with van der Waals surface area (Å²) in [5.74, 6) is 2.47. The van der Waals surface area contributed by atoms with E-state index in [0.717, 1.165) is 33.7 Å². The van der Waals surface area contributed by atoms with Crippen LogP contribution in [0.3, 0.4) is 0 Å². The van der Waals surface area contributed by atoms with E-state index in [4.69, 9.17) is 0 Å². The Hall–Kier alpha value is -1.69. The number of nitrogens with zero attached hydrogens (tertiary/aromatic N) is 3. The van der Waals surface area contributed by atoms with E-state index in [1.54, 1.807) is 11.3 Å². The molecular weight excluding hydrogens is 258 g/mol. The highest BCUT2D eigenvalue weighted by Gasteiger charge is 2.14. The van der Waals surface area contributed by atoms with Crippen LogP contribution in [0.1, 0.15) is 35.1 Å². The molecule has 0 fully saturated rings. The van der Waals surface area contributed by atoms with Crippen molar-refractivity contribution in [2.75, 3.05) is 17.7 Å². The molecule has 1 unspecified atom stereocenters. The molecule has 2 N–H and O–H groups in total. The molecule has 0 aromatic carbocycles. The number of anilines is 2. The van der Waals surface area contributed by atoms with E-state index >= 15 is 0 Å². The fraction of sp³-hybridized carbons (Fsp3) is 0.462. The Bertz CT molecular complexity index is 578. The zero-order chi connectivity index (χ0) is 14.0. The number of rotatable bonds is 4. The molecule has 0 radical (unpaired) electrons. The highest BCUT2D eigenvalue weighted by Crippen LogP contribution is 2.25. The van der Waals surface area contributed by atoms with E-state index in [9.17, 15) is 0 Å². The molecule has 1 atom stereocenters. The van der Waals surface area contributed by atoms with Crippen LogP contribution in [0.5, 0.6) is 0 Å². The van der Waals surface area contributed by atoms with E-state index in [1.165, 1.54) is 0 Å². The Balaban J connectivity index is 2.25. The lowest BCUT2D eigenvalue weighted by atomic mass is 10.2. The Morgan fingerprint density at radius 1 is 1.11 bits per heavy atom. The third kappa shape index (κ3) is 3.01. The second-order valence-corrected chi connectivity index (χ2v) is 5.43. The second-order valence-electron chi connectivity index (χ2n) is 4.54. The van der Waals surface area contributed by atoms with E-state index in [-0.39, 0.29) is 6.04 Å². The highest BCUT2D eigenvalue weighted by atomic mass is 32.1. The molecule has 0 aliphatic carbocycles. The summed E-state index contributed by atoms with van der Waals surface area (Å²) in [4.78, 5) is 13.3. The summed E-state index contributed by atoms with van der Waals surface area (Å²) in [6.45, 7) is 8.00. The highest BCUT2D eigenvalue weighted by molar-refractivity contribution is 7.09. The summed E-state index contributed by atoms with van der Waals surface area (Å²) in [7, 11) is 1.87. The lowest BCUT2D eigenvalue weighted by molar-refractivity contribution is 0.846. The molecule has 2 heterocycles. The van der Waals surface area contributed by atoms with Gasteiger partial charge in [0.05, 0.1) is 6.04 Å². The third-order valence-corrected chi connectivity index (χ3v) is 4.00. The SMILES string of the molecule is CNc1nc(C)nc(NC(C)c2nc(C)cs2)c1C. The van der Waals surface area contributed by atoms with Gasteiger partial charge < -0.3 is 10.6 Å². The van der Waals surface area contributed by atoms with Gasteiger partial charge in [-0.15, -0.1) is 11.3 Å². The number of nitrogens with one attached hydrogen (secondary N) is 2. The van der Waals surface area contributed by atoms with Crippen LogP contribution in [0.15, 0.2) is 5.38 Å². The van der Waals surface area contributed by atoms with E-state index in [2.05, 4.69) is 37.9 Å². The van der Waals surface area contributed by atoms with E-state index in [1.807, 2.05) is 27.8 Å². The molecule has 0 bridgehead atoms. The predicted octanol–water partition coefficient (Wildman–Crippen LogP) is 3.07. The maximum absolute atomic E-state index is 4.50. The van der Waals surface area contributed by atoms with Crippen LogP contribution in [0, 0.1) is 20.8 Å². The molecular formula is C13H19N5S. The van der Waals surface area contributed by atoms with Crippen LogP contribution in [0.4, 0.5) is 11.6 Å². The minimum atomic E-state index is 0.136. The number of hydrogen-bond acceptors (Lipinski definition) is 6. The molecule has 0 spiro atoms. The zero-order valence-corrected chi connectivity index (χ0v) is 12.7. The normalized spacial score (nSPS) is 12.3. The van der Waals surface area contributed by atoms with Gasteiger partial charge in [-0.3, -0.25) is 0 Å². The van der Waals surface area contributed by atoms with Crippen molar-refractivity contribution in [3.8, 4) is 0 Å². The van der Waals surface area contributed by atoms with Gasteiger partial charge in [0.1, 0.15) is 22.5 Å². The fourth-order valence-electron chi connectivity index (χ4n) is 1.85. The van der Waals surface area contributed by atoms with Crippen molar-refractivity contribution in [3.05, 3.63) is 27.5 Å². The van der Waals surface area contributed by atoms with E-state index in [0.29, 0.717) is 0 Å². The molecule has 102 valence electrons. The maximum Gasteiger partial charge on any atom is 0.135 e. The largest absolute Gasteiger partial charge is 0.373 e. The molecule has 2 rings (SSSR count). The lowest BCUT2D eigenvalue weighted by Gasteiger charge is -2.16. The molecule has 0 amide bonds. The van der Waals surface area contributed by atoms with Gasteiger partial charge in [0.25, 0.3) is 0 Å². The van der Waals surface area contributed by atoms with Crippen molar-refractivity contribution in [1.82, 2.24) is 15.0 Å². The topological polar surface area (TPSA) is 62.7 Å². The van der Waals surface area contributed by atoms with Crippen molar-refractivity contribution in [2.24, 2.45) is 0 Å². The predicted molar refractivity (Wildman–Crippen MR) is 79.9 cm³/mol. The monoisotopic (exact) mass is 277 g/mol. The molecule has 2 aromatic rings. The summed E-state index contributed by atoms with van der Waals surface area (Å²) >= 11 is 1.66. The van der Waals surface area contributed by atoms with Crippen molar-refractivity contribution in [3.63, 3.8) is 0 Å². The number of thiazole rings is 1. The van der Waals surface area contributed by atoms with Crippen molar-refractivity contribution in [2.45, 2.75) is 33.7 Å². The standard InChI is InChI=1S/C13H19N5S/c1-7-6-19-13(15-7)9(3)16-12-8(2)11(14-5)17-10(4)18-12/h6,9H,1-5H3,(H2,14,16,17,18). The summed E-state index contributed by atoms with van der Waals surface area (Å²) in [6.07, 6.45) is 0. The van der Waals surface area contributed by atoms with Crippen LogP contribution in [0.25, 0.3) is 0 Å². The van der Waals surface area contributed by atoms with Crippen LogP contribution < -0.4 is 10.6 Å². The number of aryl methyl sites for hydroxylation is 2. The fourth-order valence-corrected chi connectivity index (χ4v) is 2.65.